The van der Waals surface area contributed by atoms with Gasteiger partial charge in [0.2, 0.25) is 5.91 Å². The molecule has 1 saturated heterocycles. The van der Waals surface area contributed by atoms with Gasteiger partial charge < -0.3 is 15.5 Å². The molecule has 7 nitrogen and oxygen atoms in total. The summed E-state index contributed by atoms with van der Waals surface area (Å²) in [6.45, 7) is 7.94. The maximum atomic E-state index is 12.1. The number of carboxylic acids is 2. The highest BCUT2D eigenvalue weighted by Crippen LogP contribution is 2.20. The molecule has 0 saturated carbocycles. The van der Waals surface area contributed by atoms with Crippen molar-refractivity contribution >= 4 is 29.4 Å². The zero-order chi connectivity index (χ0) is 20.4. The summed E-state index contributed by atoms with van der Waals surface area (Å²) < 4.78 is 0. The zero-order valence-electron chi connectivity index (χ0n) is 15.7. The molecule has 0 radical (unpaired) electrons. The van der Waals surface area contributed by atoms with Crippen LogP contribution in [0.15, 0.2) is 24.3 Å². The van der Waals surface area contributed by atoms with E-state index in [4.69, 9.17) is 31.4 Å². The van der Waals surface area contributed by atoms with E-state index in [1.165, 1.54) is 5.56 Å². The van der Waals surface area contributed by atoms with Gasteiger partial charge in [-0.25, -0.2) is 9.59 Å². The van der Waals surface area contributed by atoms with Gasteiger partial charge in [-0.2, -0.15) is 0 Å². The van der Waals surface area contributed by atoms with Gasteiger partial charge in [-0.15, -0.1) is 0 Å². The lowest BCUT2D eigenvalue weighted by atomic mass is 9.95. The number of nitrogens with zero attached hydrogens (tertiary/aromatic N) is 1. The zero-order valence-corrected chi connectivity index (χ0v) is 16.4. The maximum Gasteiger partial charge on any atom is 0.414 e. The number of hydrogen-bond acceptors (Lipinski definition) is 4. The molecule has 0 atom stereocenters. The van der Waals surface area contributed by atoms with Gasteiger partial charge in [0, 0.05) is 24.0 Å². The van der Waals surface area contributed by atoms with Crippen LogP contribution in [0.25, 0.3) is 0 Å². The number of amides is 1. The van der Waals surface area contributed by atoms with Crippen LogP contribution in [0.5, 0.6) is 0 Å². The van der Waals surface area contributed by atoms with Crippen molar-refractivity contribution in [2.45, 2.75) is 33.2 Å². The van der Waals surface area contributed by atoms with Gasteiger partial charge in [0.1, 0.15) is 0 Å². The Balaban J connectivity index is 0.000000527. The van der Waals surface area contributed by atoms with Crippen molar-refractivity contribution in [3.63, 3.8) is 0 Å². The molecule has 150 valence electrons. The van der Waals surface area contributed by atoms with Gasteiger partial charge in [0.05, 0.1) is 0 Å². The second kappa shape index (κ2) is 11.6. The van der Waals surface area contributed by atoms with Crippen LogP contribution in [0.4, 0.5) is 0 Å². The number of benzene rings is 1. The smallest absolute Gasteiger partial charge is 0.414 e. The number of carbonyl (C=O) groups is 3. The largest absolute Gasteiger partial charge is 0.473 e. The summed E-state index contributed by atoms with van der Waals surface area (Å²) in [5.74, 6) is -2.72. The van der Waals surface area contributed by atoms with Crippen LogP contribution in [0.2, 0.25) is 5.02 Å². The van der Waals surface area contributed by atoms with Gasteiger partial charge in [0.25, 0.3) is 0 Å². The molecular weight excluding hydrogens is 372 g/mol. The second-order valence-corrected chi connectivity index (χ2v) is 7.36. The fourth-order valence-corrected chi connectivity index (χ4v) is 2.78. The Kier molecular flexibility index (Phi) is 9.82. The first-order valence-corrected chi connectivity index (χ1v) is 9.27. The van der Waals surface area contributed by atoms with E-state index in [-0.39, 0.29) is 11.8 Å². The molecule has 1 aromatic carbocycles. The number of carboxylic acid groups (broad SMARTS) is 2. The normalized spacial score (nSPS) is 15.0. The summed E-state index contributed by atoms with van der Waals surface area (Å²) >= 11 is 5.90. The Morgan fingerprint density at radius 2 is 1.63 bits per heavy atom. The minimum Gasteiger partial charge on any atom is -0.473 e. The average Bonchev–Trinajstić information content (AvgIpc) is 2.62. The summed E-state index contributed by atoms with van der Waals surface area (Å²) in [5, 5.41) is 18.6. The van der Waals surface area contributed by atoms with Gasteiger partial charge in [0.15, 0.2) is 0 Å². The minimum atomic E-state index is -1.82. The van der Waals surface area contributed by atoms with Crippen LogP contribution < -0.4 is 5.32 Å². The van der Waals surface area contributed by atoms with E-state index < -0.39 is 11.9 Å². The fourth-order valence-electron chi connectivity index (χ4n) is 2.65. The second-order valence-electron chi connectivity index (χ2n) is 6.93. The number of rotatable bonds is 5. The standard InChI is InChI=1S/C17H25ClN2O.C2H2O4/c1-13(2)11-19-17(21)15-7-9-20(10-8-15)12-14-3-5-16(18)6-4-14;3-1(4)2(5)6/h3-6,13,15H,7-12H2,1-2H3,(H,19,21);(H,3,4)(H,5,6). The minimum absolute atomic E-state index is 0.185. The summed E-state index contributed by atoms with van der Waals surface area (Å²) in [4.78, 5) is 32.7. The number of piperidine rings is 1. The molecule has 8 heteroatoms. The van der Waals surface area contributed by atoms with E-state index in [0.717, 1.165) is 44.0 Å². The number of likely N-dealkylation sites (tertiary alicyclic amines) is 1. The summed E-state index contributed by atoms with van der Waals surface area (Å²) in [7, 11) is 0. The lowest BCUT2D eigenvalue weighted by molar-refractivity contribution is -0.159. The number of halogens is 1. The summed E-state index contributed by atoms with van der Waals surface area (Å²) in [6, 6.07) is 8.01. The summed E-state index contributed by atoms with van der Waals surface area (Å²) in [5.41, 5.74) is 1.28. The fraction of sp³-hybridized carbons (Fsp3) is 0.526. The molecule has 0 spiro atoms. The Hall–Kier alpha value is -2.12. The van der Waals surface area contributed by atoms with Crippen LogP contribution in [-0.2, 0) is 20.9 Å². The predicted octanol–water partition coefficient (Wildman–Crippen LogP) is 2.48. The Morgan fingerprint density at radius 3 is 2.07 bits per heavy atom. The lowest BCUT2D eigenvalue weighted by Crippen LogP contribution is -2.41. The SMILES string of the molecule is CC(C)CNC(=O)C1CCN(Cc2ccc(Cl)cc2)CC1.O=C(O)C(=O)O. The predicted molar refractivity (Wildman–Crippen MR) is 103 cm³/mol. The molecule has 1 fully saturated rings. The molecule has 1 heterocycles. The number of carbonyl (C=O) groups excluding carboxylic acids is 1. The van der Waals surface area contributed by atoms with Crippen molar-refractivity contribution < 1.29 is 24.6 Å². The first kappa shape index (κ1) is 22.9. The van der Waals surface area contributed by atoms with E-state index >= 15 is 0 Å². The Bertz CT molecular complexity index is 613. The van der Waals surface area contributed by atoms with E-state index in [9.17, 15) is 4.79 Å². The van der Waals surface area contributed by atoms with Crippen molar-refractivity contribution in [1.82, 2.24) is 10.2 Å². The molecule has 0 aromatic heterocycles. The maximum absolute atomic E-state index is 12.1. The van der Waals surface area contributed by atoms with Gasteiger partial charge in [-0.1, -0.05) is 37.6 Å². The number of nitrogens with one attached hydrogen (secondary N) is 1. The van der Waals surface area contributed by atoms with Crippen LogP contribution in [0, 0.1) is 11.8 Å². The Labute approximate surface area is 164 Å². The first-order valence-electron chi connectivity index (χ1n) is 8.89. The highest BCUT2D eigenvalue weighted by atomic mass is 35.5. The molecular formula is C19H27ClN2O5. The third-order valence-electron chi connectivity index (χ3n) is 4.15. The molecule has 1 aromatic rings. The molecule has 0 unspecified atom stereocenters. The third kappa shape index (κ3) is 9.40. The van der Waals surface area contributed by atoms with Crippen LogP contribution in [0.3, 0.4) is 0 Å². The van der Waals surface area contributed by atoms with E-state index in [1.807, 2.05) is 12.1 Å². The van der Waals surface area contributed by atoms with Crippen LogP contribution in [-0.4, -0.2) is 52.6 Å². The van der Waals surface area contributed by atoms with Crippen molar-refractivity contribution in [3.8, 4) is 0 Å². The molecule has 0 bridgehead atoms. The van der Waals surface area contributed by atoms with Crippen LogP contribution in [0.1, 0.15) is 32.3 Å². The molecule has 1 aliphatic rings. The topological polar surface area (TPSA) is 107 Å². The highest BCUT2D eigenvalue weighted by molar-refractivity contribution is 6.30. The quantitative estimate of drug-likeness (QED) is 0.658. The molecule has 0 aliphatic carbocycles. The van der Waals surface area contributed by atoms with Crippen LogP contribution >= 0.6 is 11.6 Å². The van der Waals surface area contributed by atoms with Gasteiger partial charge in [-0.3, -0.25) is 9.69 Å². The van der Waals surface area contributed by atoms with Crippen molar-refractivity contribution in [1.29, 1.82) is 0 Å². The molecule has 1 amide bonds. The monoisotopic (exact) mass is 398 g/mol. The molecule has 2 rings (SSSR count). The van der Waals surface area contributed by atoms with Crippen molar-refractivity contribution in [2.75, 3.05) is 19.6 Å². The Morgan fingerprint density at radius 1 is 1.11 bits per heavy atom. The molecule has 27 heavy (non-hydrogen) atoms. The van der Waals surface area contributed by atoms with E-state index in [0.29, 0.717) is 5.92 Å². The molecule has 1 aliphatic heterocycles. The lowest BCUT2D eigenvalue weighted by Gasteiger charge is -2.31. The first-order chi connectivity index (χ1) is 12.7. The number of aliphatic carboxylic acids is 2. The third-order valence-corrected chi connectivity index (χ3v) is 4.40. The van der Waals surface area contributed by atoms with E-state index in [1.54, 1.807) is 0 Å². The van der Waals surface area contributed by atoms with E-state index in [2.05, 4.69) is 36.2 Å². The van der Waals surface area contributed by atoms with Crippen molar-refractivity contribution in [3.05, 3.63) is 34.9 Å². The van der Waals surface area contributed by atoms with Gasteiger partial charge >= 0.3 is 11.9 Å². The van der Waals surface area contributed by atoms with Crippen molar-refractivity contribution in [2.24, 2.45) is 11.8 Å². The van der Waals surface area contributed by atoms with Gasteiger partial charge in [-0.05, 0) is 49.5 Å². The highest BCUT2D eigenvalue weighted by Gasteiger charge is 2.24. The average molecular weight is 399 g/mol. The number of hydrogen-bond donors (Lipinski definition) is 3. The molecule has 3 N–H and O–H groups in total. The summed E-state index contributed by atoms with van der Waals surface area (Å²) in [6.07, 6.45) is 1.91.